The van der Waals surface area contributed by atoms with Crippen molar-refractivity contribution in [1.82, 2.24) is 10.2 Å². The quantitative estimate of drug-likeness (QED) is 0.724. The number of rotatable bonds is 6. The number of fused-ring (bicyclic) bond motifs is 1. The van der Waals surface area contributed by atoms with E-state index in [2.05, 4.69) is 34.5 Å². The standard InChI is InChI=1S/C25H32N2O5/c1-25(2,3)32-24(29)26-20-9-8-17(10-20)15-31-23-16-30-21(11-22(23)28)14-27-12-18-6-4-5-7-19(18)13-27/h4-7,11,16-17,20H,8-10,12-15H2,1-3H3,(H,26,29)/t17-,20+/m1/s1. The average Bonchev–Trinajstić information content (AvgIpc) is 3.31. The van der Waals surface area contributed by atoms with E-state index in [4.69, 9.17) is 13.9 Å². The lowest BCUT2D eigenvalue weighted by molar-refractivity contribution is 0.0504. The second-order valence-corrected chi connectivity index (χ2v) is 9.82. The third-order valence-corrected chi connectivity index (χ3v) is 5.87. The van der Waals surface area contributed by atoms with E-state index in [9.17, 15) is 9.59 Å². The topological polar surface area (TPSA) is 81.0 Å². The molecule has 32 heavy (non-hydrogen) atoms. The Morgan fingerprint density at radius 3 is 2.56 bits per heavy atom. The van der Waals surface area contributed by atoms with Gasteiger partial charge in [0.15, 0.2) is 0 Å². The molecule has 0 radical (unpaired) electrons. The summed E-state index contributed by atoms with van der Waals surface area (Å²) in [6.07, 6.45) is 3.64. The molecular weight excluding hydrogens is 408 g/mol. The third-order valence-electron chi connectivity index (χ3n) is 5.87. The number of hydrogen-bond donors (Lipinski definition) is 1. The molecule has 1 aliphatic heterocycles. The molecule has 1 saturated carbocycles. The number of ether oxygens (including phenoxy) is 2. The van der Waals surface area contributed by atoms with Crippen molar-refractivity contribution in [3.8, 4) is 5.75 Å². The van der Waals surface area contributed by atoms with Crippen molar-refractivity contribution in [2.45, 2.75) is 71.3 Å². The lowest BCUT2D eigenvalue weighted by atomic mass is 10.1. The molecule has 1 N–H and O–H groups in total. The highest BCUT2D eigenvalue weighted by atomic mass is 16.6. The molecule has 1 aliphatic carbocycles. The summed E-state index contributed by atoms with van der Waals surface area (Å²) < 4.78 is 16.8. The molecule has 1 amide bonds. The summed E-state index contributed by atoms with van der Waals surface area (Å²) in [5.74, 6) is 1.15. The van der Waals surface area contributed by atoms with Crippen molar-refractivity contribution in [2.24, 2.45) is 5.92 Å². The maximum atomic E-state index is 12.5. The van der Waals surface area contributed by atoms with Crippen molar-refractivity contribution < 1.29 is 18.7 Å². The van der Waals surface area contributed by atoms with Crippen LogP contribution in [0.25, 0.3) is 0 Å². The van der Waals surface area contributed by atoms with Crippen LogP contribution in [0.3, 0.4) is 0 Å². The zero-order valence-corrected chi connectivity index (χ0v) is 19.1. The van der Waals surface area contributed by atoms with Gasteiger partial charge in [0.2, 0.25) is 11.2 Å². The summed E-state index contributed by atoms with van der Waals surface area (Å²) in [6.45, 7) is 8.27. The zero-order valence-electron chi connectivity index (χ0n) is 19.1. The number of benzene rings is 1. The Morgan fingerprint density at radius 2 is 1.91 bits per heavy atom. The van der Waals surface area contributed by atoms with Crippen LogP contribution in [-0.4, -0.2) is 29.2 Å². The van der Waals surface area contributed by atoms with Gasteiger partial charge < -0.3 is 19.2 Å². The van der Waals surface area contributed by atoms with Crippen LogP contribution in [-0.2, 0) is 24.4 Å². The first-order valence-corrected chi connectivity index (χ1v) is 11.3. The average molecular weight is 441 g/mol. The molecule has 7 nitrogen and oxygen atoms in total. The second-order valence-electron chi connectivity index (χ2n) is 9.82. The predicted molar refractivity (Wildman–Crippen MR) is 120 cm³/mol. The van der Waals surface area contributed by atoms with Crippen molar-refractivity contribution in [3.05, 3.63) is 63.7 Å². The number of nitrogens with one attached hydrogen (secondary N) is 1. The van der Waals surface area contributed by atoms with E-state index >= 15 is 0 Å². The Bertz CT molecular complexity index is 985. The molecular formula is C25H32N2O5. The van der Waals surface area contributed by atoms with Crippen LogP contribution in [0.2, 0.25) is 0 Å². The van der Waals surface area contributed by atoms with Gasteiger partial charge in [-0.2, -0.15) is 0 Å². The molecule has 0 spiro atoms. The Hall–Kier alpha value is -2.80. The van der Waals surface area contributed by atoms with Crippen LogP contribution in [0.5, 0.6) is 5.75 Å². The maximum absolute atomic E-state index is 12.5. The van der Waals surface area contributed by atoms with Gasteiger partial charge >= 0.3 is 6.09 Å². The van der Waals surface area contributed by atoms with Crippen LogP contribution in [0.4, 0.5) is 4.79 Å². The van der Waals surface area contributed by atoms with Gasteiger partial charge in [0.25, 0.3) is 0 Å². The molecule has 2 atom stereocenters. The molecule has 0 saturated heterocycles. The normalized spacial score (nSPS) is 20.7. The Morgan fingerprint density at radius 1 is 1.19 bits per heavy atom. The van der Waals surface area contributed by atoms with Gasteiger partial charge in [-0.05, 0) is 57.1 Å². The van der Waals surface area contributed by atoms with Crippen molar-refractivity contribution in [2.75, 3.05) is 6.61 Å². The minimum Gasteiger partial charge on any atom is -0.486 e. The van der Waals surface area contributed by atoms with Crippen LogP contribution >= 0.6 is 0 Å². The zero-order chi connectivity index (χ0) is 22.7. The second kappa shape index (κ2) is 9.36. The maximum Gasteiger partial charge on any atom is 0.407 e. The monoisotopic (exact) mass is 440 g/mol. The molecule has 1 fully saturated rings. The predicted octanol–water partition coefficient (Wildman–Crippen LogP) is 4.23. The van der Waals surface area contributed by atoms with E-state index in [0.717, 1.165) is 32.4 Å². The summed E-state index contributed by atoms with van der Waals surface area (Å²) in [4.78, 5) is 26.7. The molecule has 0 bridgehead atoms. The van der Waals surface area contributed by atoms with Crippen molar-refractivity contribution >= 4 is 6.09 Å². The molecule has 1 aromatic heterocycles. The lowest BCUT2D eigenvalue weighted by Gasteiger charge is -2.21. The first kappa shape index (κ1) is 22.4. The molecule has 2 aliphatic rings. The van der Waals surface area contributed by atoms with Crippen LogP contribution in [0, 0.1) is 5.92 Å². The molecule has 2 heterocycles. The number of carbonyl (C=O) groups excluding carboxylic acids is 1. The Kier molecular flexibility index (Phi) is 6.55. The molecule has 2 aromatic rings. The number of nitrogens with zero attached hydrogens (tertiary/aromatic N) is 1. The Balaban J connectivity index is 1.23. The highest BCUT2D eigenvalue weighted by molar-refractivity contribution is 5.68. The fraction of sp³-hybridized carbons (Fsp3) is 0.520. The summed E-state index contributed by atoms with van der Waals surface area (Å²) in [6, 6.07) is 9.98. The van der Waals surface area contributed by atoms with Crippen LogP contribution < -0.4 is 15.5 Å². The van der Waals surface area contributed by atoms with Gasteiger partial charge in [0.05, 0.1) is 13.2 Å². The van der Waals surface area contributed by atoms with Gasteiger partial charge in [-0.25, -0.2) is 4.79 Å². The fourth-order valence-corrected chi connectivity index (χ4v) is 4.40. The summed E-state index contributed by atoms with van der Waals surface area (Å²) in [5.41, 5.74) is 1.98. The van der Waals surface area contributed by atoms with Crippen LogP contribution in [0.15, 0.2) is 45.8 Å². The van der Waals surface area contributed by atoms with Gasteiger partial charge in [-0.1, -0.05) is 24.3 Å². The van der Waals surface area contributed by atoms with Crippen molar-refractivity contribution in [1.29, 1.82) is 0 Å². The molecule has 1 aromatic carbocycles. The van der Waals surface area contributed by atoms with Gasteiger partial charge in [-0.3, -0.25) is 9.69 Å². The minimum absolute atomic E-state index is 0.0711. The van der Waals surface area contributed by atoms with Crippen molar-refractivity contribution in [3.63, 3.8) is 0 Å². The number of hydrogen-bond acceptors (Lipinski definition) is 6. The highest BCUT2D eigenvalue weighted by Crippen LogP contribution is 2.27. The minimum atomic E-state index is -0.510. The van der Waals surface area contributed by atoms with E-state index in [0.29, 0.717) is 18.9 Å². The highest BCUT2D eigenvalue weighted by Gasteiger charge is 2.28. The van der Waals surface area contributed by atoms with Crippen LogP contribution in [0.1, 0.15) is 56.9 Å². The lowest BCUT2D eigenvalue weighted by Crippen LogP contribution is -2.38. The number of amides is 1. The largest absolute Gasteiger partial charge is 0.486 e. The van der Waals surface area contributed by atoms with E-state index in [1.165, 1.54) is 23.5 Å². The molecule has 0 unspecified atom stereocenters. The smallest absolute Gasteiger partial charge is 0.407 e. The first-order valence-electron chi connectivity index (χ1n) is 11.3. The number of carbonyl (C=O) groups is 1. The third kappa shape index (κ3) is 5.91. The van der Waals surface area contributed by atoms with E-state index < -0.39 is 5.60 Å². The van der Waals surface area contributed by atoms with E-state index in [1.54, 1.807) is 0 Å². The van der Waals surface area contributed by atoms with Gasteiger partial charge in [0, 0.05) is 25.2 Å². The van der Waals surface area contributed by atoms with Gasteiger partial charge in [-0.15, -0.1) is 0 Å². The molecule has 4 rings (SSSR count). The van der Waals surface area contributed by atoms with E-state index in [-0.39, 0.29) is 29.2 Å². The Labute approximate surface area is 188 Å². The van der Waals surface area contributed by atoms with E-state index in [1.807, 2.05) is 20.8 Å². The molecule has 7 heteroatoms. The molecule has 172 valence electrons. The fourth-order valence-electron chi connectivity index (χ4n) is 4.40. The summed E-state index contributed by atoms with van der Waals surface area (Å²) >= 11 is 0. The number of alkyl carbamates (subject to hydrolysis) is 1. The summed E-state index contributed by atoms with van der Waals surface area (Å²) in [5, 5.41) is 2.92. The summed E-state index contributed by atoms with van der Waals surface area (Å²) in [7, 11) is 0. The SMILES string of the molecule is CC(C)(C)OC(=O)N[C@H]1CC[C@@H](COc2coc(CN3Cc4ccccc4C3)cc2=O)C1. The first-order chi connectivity index (χ1) is 15.2. The van der Waals surface area contributed by atoms with Gasteiger partial charge in [0.1, 0.15) is 17.6 Å².